The number of hydrogen-bond donors (Lipinski definition) is 2. The van der Waals surface area contributed by atoms with E-state index in [2.05, 4.69) is 5.32 Å². The average Bonchev–Trinajstić information content (AvgIpc) is 3.02. The number of alkyl halides is 1. The first kappa shape index (κ1) is 22.4. The molecule has 4 heterocycles. The number of aromatic nitrogens is 2. The highest BCUT2D eigenvalue weighted by atomic mass is 19.1. The van der Waals surface area contributed by atoms with E-state index in [1.807, 2.05) is 17.0 Å². The van der Waals surface area contributed by atoms with Gasteiger partial charge in [0.25, 0.3) is 0 Å². The Bertz CT molecular complexity index is 1220. The minimum atomic E-state index is -1.37. The Morgan fingerprint density at radius 3 is 2.62 bits per heavy atom. The Hall–Kier alpha value is -3.41. The fraction of sp³-hybridized carbons (Fsp3) is 0.545. The highest BCUT2D eigenvalue weighted by molar-refractivity contribution is 6.00. The van der Waals surface area contributed by atoms with E-state index < -0.39 is 30.3 Å². The van der Waals surface area contributed by atoms with Crippen molar-refractivity contribution in [1.29, 1.82) is 0 Å². The molecule has 34 heavy (non-hydrogen) atoms. The number of imidazole rings is 1. The summed E-state index contributed by atoms with van der Waals surface area (Å²) < 4.78 is 23.3. The van der Waals surface area contributed by atoms with E-state index in [0.29, 0.717) is 30.5 Å². The van der Waals surface area contributed by atoms with E-state index in [1.54, 1.807) is 13.1 Å². The van der Waals surface area contributed by atoms with Crippen molar-refractivity contribution < 1.29 is 28.6 Å². The standard InChI is InChI=1S/C22H26FN5O6/c1-25-19-14(27-9-12(10-27)34-17-7-8-26(22(32)33)11-13(17)23)3-2-4-15(19)28(21(25)31)16-5-6-18(29)24-20(16)30/h2-4,12-13,16-17H,5-11H2,1H3,(H,32,33)(H,24,29,30)/t13-,16?,17+/m0/s1. The highest BCUT2D eigenvalue weighted by Crippen LogP contribution is 2.33. The number of halogens is 1. The van der Waals surface area contributed by atoms with Gasteiger partial charge in [-0.2, -0.15) is 0 Å². The molecule has 0 spiro atoms. The summed E-state index contributed by atoms with van der Waals surface area (Å²) >= 11 is 0. The van der Waals surface area contributed by atoms with Gasteiger partial charge in [0, 0.05) is 33.1 Å². The molecule has 3 saturated heterocycles. The summed E-state index contributed by atoms with van der Waals surface area (Å²) in [6.45, 7) is 1.06. The SMILES string of the molecule is Cn1c(=O)n(C2CCC(=O)NC2=O)c2cccc(N3CC(O[C@@H]4CCN(C(=O)O)C[C@@H]4F)C3)c21. The van der Waals surface area contributed by atoms with Gasteiger partial charge in [0.15, 0.2) is 0 Å². The van der Waals surface area contributed by atoms with Crippen molar-refractivity contribution in [2.45, 2.75) is 43.7 Å². The number of hydrogen-bond acceptors (Lipinski definition) is 6. The fourth-order valence-corrected chi connectivity index (χ4v) is 5.08. The van der Waals surface area contributed by atoms with E-state index in [1.165, 1.54) is 9.13 Å². The fourth-order valence-electron chi connectivity index (χ4n) is 5.08. The van der Waals surface area contributed by atoms with Crippen LogP contribution in [-0.2, 0) is 21.4 Å². The minimum absolute atomic E-state index is 0.172. The van der Waals surface area contributed by atoms with Gasteiger partial charge >= 0.3 is 11.8 Å². The number of ether oxygens (including phenoxy) is 1. The number of para-hydroxylation sites is 1. The number of aryl methyl sites for hydroxylation is 1. The second-order valence-electron chi connectivity index (χ2n) is 9.06. The molecule has 0 radical (unpaired) electrons. The largest absolute Gasteiger partial charge is 0.465 e. The van der Waals surface area contributed by atoms with Crippen molar-refractivity contribution in [2.24, 2.45) is 7.05 Å². The van der Waals surface area contributed by atoms with Gasteiger partial charge in [-0.25, -0.2) is 14.0 Å². The second-order valence-corrected chi connectivity index (χ2v) is 9.06. The molecule has 1 aromatic carbocycles. The number of anilines is 1. The van der Waals surface area contributed by atoms with Crippen molar-refractivity contribution in [3.8, 4) is 0 Å². The maximum absolute atomic E-state index is 14.4. The van der Waals surface area contributed by atoms with Crippen molar-refractivity contribution >= 4 is 34.6 Å². The molecule has 2 N–H and O–H groups in total. The molecule has 11 nitrogen and oxygen atoms in total. The van der Waals surface area contributed by atoms with Gasteiger partial charge in [0.1, 0.15) is 12.2 Å². The molecule has 1 unspecified atom stereocenters. The summed E-state index contributed by atoms with van der Waals surface area (Å²) in [7, 11) is 1.65. The average molecular weight is 475 g/mol. The van der Waals surface area contributed by atoms with Crippen molar-refractivity contribution in [3.63, 3.8) is 0 Å². The van der Waals surface area contributed by atoms with Crippen LogP contribution in [0.2, 0.25) is 0 Å². The first-order valence-corrected chi connectivity index (χ1v) is 11.3. The normalized spacial score (nSPS) is 26.0. The second kappa shape index (κ2) is 8.42. The Balaban J connectivity index is 1.32. The lowest BCUT2D eigenvalue weighted by atomic mass is 10.0. The molecule has 3 aliphatic rings. The Kier molecular flexibility index (Phi) is 5.54. The summed E-state index contributed by atoms with van der Waals surface area (Å²) in [5.41, 5.74) is 1.75. The first-order chi connectivity index (χ1) is 16.2. The van der Waals surface area contributed by atoms with Crippen LogP contribution in [0.15, 0.2) is 23.0 Å². The molecule has 5 rings (SSSR count). The maximum Gasteiger partial charge on any atom is 0.407 e. The lowest BCUT2D eigenvalue weighted by Gasteiger charge is -2.44. The minimum Gasteiger partial charge on any atom is -0.465 e. The number of piperidine rings is 2. The van der Waals surface area contributed by atoms with Crippen molar-refractivity contribution in [1.82, 2.24) is 19.4 Å². The molecular formula is C22H26FN5O6. The number of fused-ring (bicyclic) bond motifs is 1. The third-order valence-electron chi connectivity index (χ3n) is 6.91. The molecule has 0 bridgehead atoms. The summed E-state index contributed by atoms with van der Waals surface area (Å²) in [4.78, 5) is 51.1. The topological polar surface area (TPSA) is 126 Å². The predicted octanol–water partition coefficient (Wildman–Crippen LogP) is 0.613. The third kappa shape index (κ3) is 3.71. The van der Waals surface area contributed by atoms with Gasteiger partial charge in [-0.3, -0.25) is 24.0 Å². The Morgan fingerprint density at radius 2 is 1.94 bits per heavy atom. The van der Waals surface area contributed by atoms with Crippen LogP contribution < -0.4 is 15.9 Å². The number of rotatable bonds is 4. The van der Waals surface area contributed by atoms with E-state index in [4.69, 9.17) is 9.84 Å². The quantitative estimate of drug-likeness (QED) is 0.621. The van der Waals surface area contributed by atoms with Gasteiger partial charge in [-0.15, -0.1) is 0 Å². The monoisotopic (exact) mass is 475 g/mol. The number of benzene rings is 1. The highest BCUT2D eigenvalue weighted by Gasteiger charge is 2.38. The van der Waals surface area contributed by atoms with Crippen molar-refractivity contribution in [2.75, 3.05) is 31.1 Å². The summed E-state index contributed by atoms with van der Waals surface area (Å²) in [6, 6.07) is 4.72. The molecule has 0 saturated carbocycles. The third-order valence-corrected chi connectivity index (χ3v) is 6.91. The summed E-state index contributed by atoms with van der Waals surface area (Å²) in [6.07, 6.45) is -2.60. The summed E-state index contributed by atoms with van der Waals surface area (Å²) in [5.74, 6) is -0.825. The molecule has 3 aliphatic heterocycles. The zero-order valence-corrected chi connectivity index (χ0v) is 18.6. The van der Waals surface area contributed by atoms with Gasteiger partial charge in [-0.05, 0) is 25.0 Å². The Labute approximate surface area is 193 Å². The van der Waals surface area contributed by atoms with Crippen LogP contribution in [-0.4, -0.2) is 81.6 Å². The van der Waals surface area contributed by atoms with E-state index >= 15 is 0 Å². The number of carbonyl (C=O) groups excluding carboxylic acids is 2. The Morgan fingerprint density at radius 1 is 1.18 bits per heavy atom. The lowest BCUT2D eigenvalue weighted by Crippen LogP contribution is -2.56. The molecular weight excluding hydrogens is 449 g/mol. The maximum atomic E-state index is 14.4. The number of carboxylic acid groups (broad SMARTS) is 1. The molecule has 0 aliphatic carbocycles. The number of nitrogens with zero attached hydrogens (tertiary/aromatic N) is 4. The zero-order chi connectivity index (χ0) is 24.1. The van der Waals surface area contributed by atoms with E-state index in [-0.39, 0.29) is 43.6 Å². The number of carbonyl (C=O) groups is 3. The first-order valence-electron chi connectivity index (χ1n) is 11.3. The lowest BCUT2D eigenvalue weighted by molar-refractivity contribution is -0.135. The van der Waals surface area contributed by atoms with E-state index in [9.17, 15) is 23.6 Å². The molecule has 3 amide bonds. The predicted molar refractivity (Wildman–Crippen MR) is 119 cm³/mol. The molecule has 2 aromatic rings. The summed E-state index contributed by atoms with van der Waals surface area (Å²) in [5, 5.41) is 11.3. The number of nitrogens with one attached hydrogen (secondary N) is 1. The van der Waals surface area contributed by atoms with Crippen LogP contribution in [0, 0.1) is 0 Å². The van der Waals surface area contributed by atoms with E-state index in [0.717, 1.165) is 10.6 Å². The number of imide groups is 1. The molecule has 3 atom stereocenters. The molecule has 182 valence electrons. The molecule has 3 fully saturated rings. The van der Waals surface area contributed by atoms with Crippen LogP contribution in [0.5, 0.6) is 0 Å². The molecule has 1 aromatic heterocycles. The van der Waals surface area contributed by atoms with Crippen molar-refractivity contribution in [3.05, 3.63) is 28.7 Å². The zero-order valence-electron chi connectivity index (χ0n) is 18.6. The van der Waals surface area contributed by atoms with Crippen LogP contribution in [0.25, 0.3) is 11.0 Å². The number of likely N-dealkylation sites (tertiary alicyclic amines) is 1. The smallest absolute Gasteiger partial charge is 0.407 e. The van der Waals surface area contributed by atoms with Gasteiger partial charge < -0.3 is 19.6 Å². The van der Waals surface area contributed by atoms with Crippen LogP contribution >= 0.6 is 0 Å². The van der Waals surface area contributed by atoms with Gasteiger partial charge in [0.2, 0.25) is 11.8 Å². The van der Waals surface area contributed by atoms with Gasteiger partial charge in [-0.1, -0.05) is 6.07 Å². The van der Waals surface area contributed by atoms with Crippen LogP contribution in [0.4, 0.5) is 14.9 Å². The van der Waals surface area contributed by atoms with Crippen LogP contribution in [0.3, 0.4) is 0 Å². The number of amides is 3. The molecule has 12 heteroatoms. The van der Waals surface area contributed by atoms with Crippen LogP contribution in [0.1, 0.15) is 25.3 Å². The van der Waals surface area contributed by atoms with Gasteiger partial charge in [0.05, 0.1) is 35.5 Å².